The normalized spacial score (nSPS) is 10.8. The van der Waals surface area contributed by atoms with Crippen LogP contribution in [0.2, 0.25) is 0 Å². The molecule has 6 nitrogen and oxygen atoms in total. The third kappa shape index (κ3) is 19.7. The van der Waals surface area contributed by atoms with Crippen molar-refractivity contribution >= 4 is 34.1 Å². The molecule has 2 aromatic carbocycles. The highest BCUT2D eigenvalue weighted by molar-refractivity contribution is 7.86. The van der Waals surface area contributed by atoms with E-state index in [9.17, 15) is 26.3 Å². The molecule has 2 aromatic rings. The second kappa shape index (κ2) is 15.2. The molecule has 30 heavy (non-hydrogen) atoms. The van der Waals surface area contributed by atoms with Gasteiger partial charge in [-0.3, -0.25) is 4.21 Å². The van der Waals surface area contributed by atoms with E-state index in [2.05, 4.69) is 49.0 Å². The summed E-state index contributed by atoms with van der Waals surface area (Å²) >= 11 is 1.15. The van der Waals surface area contributed by atoms with Gasteiger partial charge in [0, 0.05) is 4.90 Å². The first-order chi connectivity index (χ1) is 13.6. The van der Waals surface area contributed by atoms with E-state index in [4.69, 9.17) is 26.3 Å². The minimum atomic E-state index is -6.09. The van der Waals surface area contributed by atoms with Crippen LogP contribution in [-0.2, 0) is 27.9 Å². The quantitative estimate of drug-likeness (QED) is 0.221. The molecule has 0 fully saturated rings. The third-order valence-electron chi connectivity index (χ3n) is 2.47. The minimum Gasteiger partial charge on any atom is -0.784 e. The maximum absolute atomic E-state index is 10.7. The smallest absolute Gasteiger partial charge is 0.485 e. The summed E-state index contributed by atoms with van der Waals surface area (Å²) in [6, 6.07) is 18.8. The molecule has 0 unspecified atom stereocenters. The average Bonchev–Trinajstić information content (AvgIpc) is 2.56. The Kier molecular flexibility index (Phi) is 15.5. The molecule has 0 radical (unpaired) electrons. The van der Waals surface area contributed by atoms with Crippen LogP contribution in [-0.4, -0.2) is 38.5 Å². The molecule has 0 N–H and O–H groups in total. The second-order valence-electron chi connectivity index (χ2n) is 4.68. The number of benzene rings is 2. The van der Waals surface area contributed by atoms with Gasteiger partial charge in [-0.05, 0) is 29.7 Å². The molecule has 0 saturated heterocycles. The van der Waals surface area contributed by atoms with E-state index in [-0.39, 0.29) is 0 Å². The molecular weight excluding hydrogens is 486 g/mol. The molecule has 0 aromatic heterocycles. The predicted molar refractivity (Wildman–Crippen MR) is 95.5 cm³/mol. The Morgan fingerprint density at radius 1 is 0.900 bits per heavy atom. The Morgan fingerprint density at radius 3 is 1.50 bits per heavy atom. The number of alkyl halides is 6. The van der Waals surface area contributed by atoms with Crippen molar-refractivity contribution in [1.82, 2.24) is 0 Å². The molecule has 2 rings (SSSR count). The van der Waals surface area contributed by atoms with Crippen molar-refractivity contribution in [2.75, 3.05) is 0 Å². The fourth-order valence-corrected chi connectivity index (χ4v) is 1.59. The van der Waals surface area contributed by atoms with Gasteiger partial charge in [0.15, 0.2) is 10.1 Å². The lowest BCUT2D eigenvalue weighted by molar-refractivity contribution is -0.0518. The van der Waals surface area contributed by atoms with Crippen LogP contribution in [0.3, 0.4) is 0 Å². The fraction of sp³-hybridized carbons (Fsp3) is 0.200. The molecule has 0 spiro atoms. The third-order valence-corrected chi connectivity index (χ3v) is 3.34. The zero-order valence-electron chi connectivity index (χ0n) is 14.5. The van der Waals surface area contributed by atoms with Crippen LogP contribution in [0, 0.1) is 0 Å². The van der Waals surface area contributed by atoms with Gasteiger partial charge in [0.1, 0.15) is 0 Å². The fourth-order valence-electron chi connectivity index (χ4n) is 1.45. The van der Waals surface area contributed by atoms with Gasteiger partial charge in [0.05, 0.1) is 0 Å². The van der Waals surface area contributed by atoms with E-state index in [1.54, 1.807) is 0 Å². The van der Waals surface area contributed by atoms with E-state index >= 15 is 0 Å². The molecule has 0 aliphatic heterocycles. The lowest BCUT2D eigenvalue weighted by Crippen LogP contribution is -2.21. The van der Waals surface area contributed by atoms with Crippen molar-refractivity contribution in [1.29, 1.82) is 0 Å². The molecule has 0 amide bonds. The molecule has 15 heteroatoms. The van der Waals surface area contributed by atoms with Gasteiger partial charge in [-0.25, -0.2) is 8.42 Å². The standard InChI is InChI=1S/C13H12S.CHF3O3S.CHF3.H2O3S/c14-13-8-6-12(7-9-13)10-11-4-2-1-3-5-11;2-1(3,4)8(5,6)7;2-1(3)4;1-4(2)3/h1-9,14H,10H2;(H,5,6,7);1H;(H2,1,2,3)/p-3. The number of halogens is 6. The number of hydrogen-bond acceptors (Lipinski definition) is 7. The average molecular weight is 499 g/mol. The maximum atomic E-state index is 10.7. The first-order valence-electron chi connectivity index (χ1n) is 7.09. The molecule has 0 aliphatic carbocycles. The molecule has 0 bridgehead atoms. The molecule has 0 saturated carbocycles. The van der Waals surface area contributed by atoms with Crippen molar-refractivity contribution in [3.05, 3.63) is 65.7 Å². The van der Waals surface area contributed by atoms with Crippen LogP contribution in [0.4, 0.5) is 26.3 Å². The highest BCUT2D eigenvalue weighted by Crippen LogP contribution is 2.20. The Bertz CT molecular complexity index is 823. The van der Waals surface area contributed by atoms with Gasteiger partial charge in [-0.15, -0.1) is 24.0 Å². The summed E-state index contributed by atoms with van der Waals surface area (Å²) in [6.45, 7) is -3.67. The second-order valence-corrected chi connectivity index (χ2v) is 6.98. The van der Waals surface area contributed by atoms with Crippen LogP contribution < -0.4 is 0 Å². The molecule has 0 aliphatic rings. The van der Waals surface area contributed by atoms with Gasteiger partial charge < -0.3 is 13.7 Å². The van der Waals surface area contributed by atoms with Gasteiger partial charge in [-0.1, -0.05) is 42.5 Å². The highest BCUT2D eigenvalue weighted by Gasteiger charge is 2.36. The molecular formula is C15H13F6O6S3-3. The summed E-state index contributed by atoms with van der Waals surface area (Å²) in [7, 11) is -6.09. The summed E-state index contributed by atoms with van der Waals surface area (Å²) in [5, 5.41) is 0. The summed E-state index contributed by atoms with van der Waals surface area (Å²) in [4.78, 5) is 1.02. The van der Waals surface area contributed by atoms with Crippen molar-refractivity contribution in [3.8, 4) is 0 Å². The largest absolute Gasteiger partial charge is 0.784 e. The van der Waals surface area contributed by atoms with E-state index in [0.717, 1.165) is 11.3 Å². The van der Waals surface area contributed by atoms with Crippen molar-refractivity contribution in [3.63, 3.8) is 0 Å². The number of rotatable bonds is 2. The number of thiol groups is 1. The van der Waals surface area contributed by atoms with E-state index in [1.165, 1.54) is 11.1 Å². The van der Waals surface area contributed by atoms with Crippen LogP contribution in [0.5, 0.6) is 0 Å². The topological polar surface area (TPSA) is 120 Å². The summed E-state index contributed by atoms with van der Waals surface area (Å²) in [5.74, 6) is 0. The predicted octanol–water partition coefficient (Wildman–Crippen LogP) is 3.79. The van der Waals surface area contributed by atoms with Crippen molar-refractivity contribution in [2.24, 2.45) is 0 Å². The van der Waals surface area contributed by atoms with Gasteiger partial charge >= 0.3 is 12.2 Å². The van der Waals surface area contributed by atoms with Crippen LogP contribution in [0.1, 0.15) is 11.1 Å². The SMILES string of the molecule is FC(F)F.O=S(=O)([O-])C(F)(F)F.O=S([O-])[O-].Sc1ccc(Cc2ccccc2)cc1. The number of hydrogen-bond donors (Lipinski definition) is 1. The van der Waals surface area contributed by atoms with Crippen molar-refractivity contribution < 1.29 is 52.6 Å². The summed E-state index contributed by atoms with van der Waals surface area (Å²) < 4.78 is 113. The highest BCUT2D eigenvalue weighted by atomic mass is 32.2. The lowest BCUT2D eigenvalue weighted by atomic mass is 10.1. The van der Waals surface area contributed by atoms with Gasteiger partial charge in [-0.2, -0.15) is 26.3 Å². The summed E-state index contributed by atoms with van der Waals surface area (Å²) in [6.07, 6.45) is 0.995. The zero-order valence-corrected chi connectivity index (χ0v) is 17.0. The van der Waals surface area contributed by atoms with Gasteiger partial charge in [0.2, 0.25) is 0 Å². The van der Waals surface area contributed by atoms with Crippen LogP contribution in [0.15, 0.2) is 59.5 Å². The van der Waals surface area contributed by atoms with E-state index in [0.29, 0.717) is 0 Å². The van der Waals surface area contributed by atoms with E-state index < -0.39 is 33.7 Å². The lowest BCUT2D eigenvalue weighted by Gasteiger charge is -2.08. The van der Waals surface area contributed by atoms with Crippen molar-refractivity contribution in [2.45, 2.75) is 23.5 Å². The zero-order chi connectivity index (χ0) is 24.0. The Hall–Kier alpha value is -1.65. The monoisotopic (exact) mass is 499 g/mol. The summed E-state index contributed by atoms with van der Waals surface area (Å²) in [5.41, 5.74) is -2.97. The Balaban J connectivity index is 0. The van der Waals surface area contributed by atoms with E-state index in [1.807, 2.05) is 18.2 Å². The first-order valence-corrected chi connectivity index (χ1v) is 9.94. The minimum absolute atomic E-state index is 0.995. The van der Waals surface area contributed by atoms with Crippen LogP contribution in [0.25, 0.3) is 0 Å². The molecule has 172 valence electrons. The van der Waals surface area contributed by atoms with Crippen LogP contribution >= 0.6 is 12.6 Å². The Labute approximate surface area is 176 Å². The Morgan fingerprint density at radius 2 is 1.20 bits per heavy atom. The first kappa shape index (κ1) is 30.5. The maximum Gasteiger partial charge on any atom is 0.485 e. The molecule has 0 atom stereocenters. The molecule has 0 heterocycles. The van der Waals surface area contributed by atoms with Gasteiger partial charge in [0.25, 0.3) is 0 Å².